The summed E-state index contributed by atoms with van der Waals surface area (Å²) in [6.07, 6.45) is -5.53. The van der Waals surface area contributed by atoms with Crippen molar-refractivity contribution in [3.8, 4) is 0 Å². The highest BCUT2D eigenvalue weighted by molar-refractivity contribution is 5.16. The average molecular weight is 270 g/mol. The lowest BCUT2D eigenvalue weighted by molar-refractivity contribution is -0.284. The van der Waals surface area contributed by atoms with Gasteiger partial charge in [0.2, 0.25) is 0 Å². The van der Waals surface area contributed by atoms with Gasteiger partial charge in [0.1, 0.15) is 24.4 Å². The van der Waals surface area contributed by atoms with Gasteiger partial charge in [-0.1, -0.05) is 30.3 Å². The lowest BCUT2D eigenvalue weighted by Crippen LogP contribution is -2.52. The number of benzene rings is 1. The Balaban J connectivity index is 2.08. The minimum absolute atomic E-state index is 0.0144. The van der Waals surface area contributed by atoms with E-state index in [4.69, 9.17) is 14.6 Å². The van der Waals surface area contributed by atoms with Crippen LogP contribution in [0, 0.1) is 0 Å². The maximum absolute atomic E-state index is 9.83. The summed E-state index contributed by atoms with van der Waals surface area (Å²) in [5, 5.41) is 37.8. The number of ether oxygens (including phenoxy) is 2. The van der Waals surface area contributed by atoms with Gasteiger partial charge in [0.05, 0.1) is 13.2 Å². The van der Waals surface area contributed by atoms with Crippen LogP contribution in [0.15, 0.2) is 30.3 Å². The average Bonchev–Trinajstić information content (AvgIpc) is 2.47. The second-order valence-electron chi connectivity index (χ2n) is 4.48. The van der Waals surface area contributed by atoms with Gasteiger partial charge >= 0.3 is 0 Å². The van der Waals surface area contributed by atoms with Crippen molar-refractivity contribution in [3.63, 3.8) is 0 Å². The molecule has 1 heterocycles. The Labute approximate surface area is 110 Å². The van der Waals surface area contributed by atoms with Crippen molar-refractivity contribution < 1.29 is 29.9 Å². The van der Waals surface area contributed by atoms with Crippen LogP contribution in [0.25, 0.3) is 0 Å². The number of hydrogen-bond donors (Lipinski definition) is 4. The van der Waals surface area contributed by atoms with Crippen molar-refractivity contribution in [2.75, 3.05) is 13.2 Å². The molecule has 4 N–H and O–H groups in total. The quantitative estimate of drug-likeness (QED) is 0.570. The Kier molecular flexibility index (Phi) is 4.87. The molecule has 6 heteroatoms. The topological polar surface area (TPSA) is 99.4 Å². The third-order valence-electron chi connectivity index (χ3n) is 3.07. The van der Waals surface area contributed by atoms with Crippen LogP contribution >= 0.6 is 0 Å². The van der Waals surface area contributed by atoms with Gasteiger partial charge in [-0.15, -0.1) is 0 Å². The van der Waals surface area contributed by atoms with Gasteiger partial charge in [-0.25, -0.2) is 0 Å². The smallest absolute Gasteiger partial charge is 0.184 e. The standard InChI is InChI=1S/C13H18O6/c14-6-9(15)11(17)12-10(16)7-18-13(19-12)8-4-2-1-3-5-8/h1-5,9-17H,6-7H2/t9-,10+,11+,12+,13?/m1/s1. The van der Waals surface area contributed by atoms with Crippen LogP contribution in [0.3, 0.4) is 0 Å². The zero-order chi connectivity index (χ0) is 13.8. The van der Waals surface area contributed by atoms with E-state index in [1.54, 1.807) is 12.1 Å². The van der Waals surface area contributed by atoms with E-state index in [0.29, 0.717) is 0 Å². The first-order valence-corrected chi connectivity index (χ1v) is 6.10. The maximum atomic E-state index is 9.83. The molecule has 0 amide bonds. The molecule has 1 aromatic rings. The molecule has 6 nitrogen and oxygen atoms in total. The van der Waals surface area contributed by atoms with Gasteiger partial charge in [0.15, 0.2) is 6.29 Å². The maximum Gasteiger partial charge on any atom is 0.184 e. The van der Waals surface area contributed by atoms with E-state index in [9.17, 15) is 15.3 Å². The molecule has 1 aromatic carbocycles. The number of aliphatic hydroxyl groups is 4. The third-order valence-corrected chi connectivity index (χ3v) is 3.07. The molecule has 0 radical (unpaired) electrons. The van der Waals surface area contributed by atoms with Gasteiger partial charge < -0.3 is 29.9 Å². The fraction of sp³-hybridized carbons (Fsp3) is 0.538. The SMILES string of the molecule is OC[C@@H](O)[C@H](O)[C@H]1OC(c2ccccc2)OC[C@@H]1O. The Morgan fingerprint density at radius 2 is 1.89 bits per heavy atom. The molecule has 1 saturated heterocycles. The zero-order valence-electron chi connectivity index (χ0n) is 10.3. The van der Waals surface area contributed by atoms with Gasteiger partial charge in [-0.2, -0.15) is 0 Å². The second-order valence-corrected chi connectivity index (χ2v) is 4.48. The molecule has 0 spiro atoms. The molecule has 2 rings (SSSR count). The molecule has 0 saturated carbocycles. The van der Waals surface area contributed by atoms with E-state index < -0.39 is 37.3 Å². The fourth-order valence-corrected chi connectivity index (χ4v) is 1.97. The van der Waals surface area contributed by atoms with Crippen molar-refractivity contribution in [1.29, 1.82) is 0 Å². The minimum atomic E-state index is -1.38. The molecule has 5 atom stereocenters. The lowest BCUT2D eigenvalue weighted by atomic mass is 10.0. The monoisotopic (exact) mass is 270 g/mol. The van der Waals surface area contributed by atoms with Crippen molar-refractivity contribution in [1.82, 2.24) is 0 Å². The molecule has 1 aliphatic heterocycles. The number of rotatable bonds is 4. The summed E-state index contributed by atoms with van der Waals surface area (Å²) in [7, 11) is 0. The molecule has 1 fully saturated rings. The van der Waals surface area contributed by atoms with Crippen LogP contribution < -0.4 is 0 Å². The molecule has 106 valence electrons. The zero-order valence-corrected chi connectivity index (χ0v) is 10.3. The summed E-state index contributed by atoms with van der Waals surface area (Å²) < 4.78 is 10.8. The predicted octanol–water partition coefficient (Wildman–Crippen LogP) is -0.824. The molecule has 0 aliphatic carbocycles. The van der Waals surface area contributed by atoms with E-state index in [-0.39, 0.29) is 6.61 Å². The van der Waals surface area contributed by atoms with Crippen LogP contribution in [-0.2, 0) is 9.47 Å². The van der Waals surface area contributed by atoms with Crippen LogP contribution in [-0.4, -0.2) is 58.1 Å². The van der Waals surface area contributed by atoms with E-state index >= 15 is 0 Å². The summed E-state index contributed by atoms with van der Waals surface area (Å²) >= 11 is 0. The van der Waals surface area contributed by atoms with Gasteiger partial charge in [0.25, 0.3) is 0 Å². The van der Waals surface area contributed by atoms with Crippen LogP contribution in [0.2, 0.25) is 0 Å². The van der Waals surface area contributed by atoms with Crippen LogP contribution in [0.1, 0.15) is 11.9 Å². The first-order chi connectivity index (χ1) is 9.13. The summed E-state index contributed by atoms with van der Waals surface area (Å²) in [4.78, 5) is 0. The van der Waals surface area contributed by atoms with Crippen molar-refractivity contribution >= 4 is 0 Å². The molecule has 1 unspecified atom stereocenters. The van der Waals surface area contributed by atoms with E-state index in [1.807, 2.05) is 18.2 Å². The normalized spacial score (nSPS) is 30.8. The highest BCUT2D eigenvalue weighted by Gasteiger charge is 2.39. The highest BCUT2D eigenvalue weighted by atomic mass is 16.7. The van der Waals surface area contributed by atoms with Crippen molar-refractivity contribution in [2.24, 2.45) is 0 Å². The first-order valence-electron chi connectivity index (χ1n) is 6.10. The predicted molar refractivity (Wildman–Crippen MR) is 65.1 cm³/mol. The molecule has 19 heavy (non-hydrogen) atoms. The third kappa shape index (κ3) is 3.30. The van der Waals surface area contributed by atoms with E-state index in [1.165, 1.54) is 0 Å². The second kappa shape index (κ2) is 6.42. The van der Waals surface area contributed by atoms with Crippen LogP contribution in [0.5, 0.6) is 0 Å². The first kappa shape index (κ1) is 14.4. The Morgan fingerprint density at radius 1 is 1.21 bits per heavy atom. The molecule has 0 aromatic heterocycles. The van der Waals surface area contributed by atoms with Gasteiger partial charge in [-0.3, -0.25) is 0 Å². The van der Waals surface area contributed by atoms with Gasteiger partial charge in [0, 0.05) is 5.56 Å². The van der Waals surface area contributed by atoms with Crippen molar-refractivity contribution in [3.05, 3.63) is 35.9 Å². The number of hydrogen-bond acceptors (Lipinski definition) is 6. The molecule has 1 aliphatic rings. The van der Waals surface area contributed by atoms with E-state index in [0.717, 1.165) is 5.56 Å². The fourth-order valence-electron chi connectivity index (χ4n) is 1.97. The summed E-state index contributed by atoms with van der Waals surface area (Å²) in [6.45, 7) is -0.621. The Morgan fingerprint density at radius 3 is 2.53 bits per heavy atom. The number of aliphatic hydroxyl groups excluding tert-OH is 4. The largest absolute Gasteiger partial charge is 0.394 e. The summed E-state index contributed by atoms with van der Waals surface area (Å²) in [5.41, 5.74) is 0.755. The Hall–Kier alpha value is -1.02. The molecule has 0 bridgehead atoms. The molecular weight excluding hydrogens is 252 g/mol. The lowest BCUT2D eigenvalue weighted by Gasteiger charge is -2.37. The van der Waals surface area contributed by atoms with Crippen LogP contribution in [0.4, 0.5) is 0 Å². The summed E-state index contributed by atoms with van der Waals surface area (Å²) in [5.74, 6) is 0. The molecular formula is C13H18O6. The minimum Gasteiger partial charge on any atom is -0.394 e. The van der Waals surface area contributed by atoms with Gasteiger partial charge in [-0.05, 0) is 0 Å². The Bertz CT molecular complexity index is 384. The van der Waals surface area contributed by atoms with Crippen molar-refractivity contribution in [2.45, 2.75) is 30.7 Å². The highest BCUT2D eigenvalue weighted by Crippen LogP contribution is 2.28. The van der Waals surface area contributed by atoms with E-state index in [2.05, 4.69) is 0 Å². The summed E-state index contributed by atoms with van der Waals surface area (Å²) in [6, 6.07) is 9.09.